The van der Waals surface area contributed by atoms with Gasteiger partial charge in [-0.1, -0.05) is 35.5 Å². The lowest BCUT2D eigenvalue weighted by Gasteiger charge is -2.07. The standard InChI is InChI=1S/C15H16N2O6S/c1-10-15(11(2)23-17-10)24(20,21)16-8-14(19)22-9-13(18)12-6-4-3-5-7-12/h3-7,16H,8-9H2,1-2H3. The smallest absolute Gasteiger partial charge is 0.321 e. The average Bonchev–Trinajstić information content (AvgIpc) is 2.91. The molecule has 1 aromatic carbocycles. The van der Waals surface area contributed by atoms with Crippen molar-refractivity contribution in [2.24, 2.45) is 0 Å². The Bertz CT molecular complexity index is 823. The van der Waals surface area contributed by atoms with E-state index in [0.717, 1.165) is 0 Å². The number of esters is 1. The number of aryl methyl sites for hydroxylation is 2. The van der Waals surface area contributed by atoms with Gasteiger partial charge in [-0.2, -0.15) is 4.72 Å². The van der Waals surface area contributed by atoms with Gasteiger partial charge in [0.15, 0.2) is 18.2 Å². The fourth-order valence-corrected chi connectivity index (χ4v) is 3.28. The second-order valence-electron chi connectivity index (χ2n) is 4.93. The highest BCUT2D eigenvalue weighted by Crippen LogP contribution is 2.18. The molecule has 1 aromatic heterocycles. The molecule has 0 radical (unpaired) electrons. The molecule has 24 heavy (non-hydrogen) atoms. The first-order valence-electron chi connectivity index (χ1n) is 6.97. The van der Waals surface area contributed by atoms with Crippen LogP contribution < -0.4 is 4.72 Å². The molecule has 1 N–H and O–H groups in total. The van der Waals surface area contributed by atoms with Gasteiger partial charge in [-0.05, 0) is 13.8 Å². The van der Waals surface area contributed by atoms with Crippen LogP contribution in [0.5, 0.6) is 0 Å². The van der Waals surface area contributed by atoms with E-state index in [0.29, 0.717) is 5.56 Å². The number of ether oxygens (including phenoxy) is 1. The number of sulfonamides is 1. The molecule has 0 aliphatic heterocycles. The van der Waals surface area contributed by atoms with Crippen molar-refractivity contribution >= 4 is 21.8 Å². The fraction of sp³-hybridized carbons (Fsp3) is 0.267. The Morgan fingerprint density at radius 1 is 1.21 bits per heavy atom. The number of nitrogens with one attached hydrogen (secondary N) is 1. The summed E-state index contributed by atoms with van der Waals surface area (Å²) in [5.41, 5.74) is 0.592. The molecule has 0 saturated carbocycles. The predicted octanol–water partition coefficient (Wildman–Crippen LogP) is 0.996. The third-order valence-corrected chi connectivity index (χ3v) is 4.75. The van der Waals surface area contributed by atoms with Gasteiger partial charge in [-0.3, -0.25) is 9.59 Å². The van der Waals surface area contributed by atoms with E-state index in [9.17, 15) is 18.0 Å². The van der Waals surface area contributed by atoms with Gasteiger partial charge in [0.1, 0.15) is 17.1 Å². The summed E-state index contributed by atoms with van der Waals surface area (Å²) in [6.07, 6.45) is 0. The van der Waals surface area contributed by atoms with Crippen molar-refractivity contribution in [1.82, 2.24) is 9.88 Å². The molecule has 0 unspecified atom stereocenters. The van der Waals surface area contributed by atoms with Crippen LogP contribution in [0.3, 0.4) is 0 Å². The number of hydrogen-bond acceptors (Lipinski definition) is 7. The van der Waals surface area contributed by atoms with Crippen LogP contribution in [0.4, 0.5) is 0 Å². The highest BCUT2D eigenvalue weighted by Gasteiger charge is 2.25. The Kier molecular flexibility index (Phi) is 5.47. The zero-order valence-electron chi connectivity index (χ0n) is 13.1. The first-order valence-corrected chi connectivity index (χ1v) is 8.46. The van der Waals surface area contributed by atoms with Crippen LogP contribution in [0, 0.1) is 13.8 Å². The Labute approximate surface area is 138 Å². The van der Waals surface area contributed by atoms with E-state index in [1.807, 2.05) is 0 Å². The molecule has 2 rings (SSSR count). The molecule has 8 nitrogen and oxygen atoms in total. The summed E-state index contributed by atoms with van der Waals surface area (Å²) in [6.45, 7) is 1.86. The van der Waals surface area contributed by atoms with Crippen LogP contribution in [0.25, 0.3) is 0 Å². The van der Waals surface area contributed by atoms with E-state index in [-0.39, 0.29) is 22.1 Å². The van der Waals surface area contributed by atoms with E-state index in [4.69, 9.17) is 9.26 Å². The molecule has 1 heterocycles. The molecule has 0 spiro atoms. The van der Waals surface area contributed by atoms with E-state index in [1.165, 1.54) is 13.8 Å². The molecule has 128 valence electrons. The number of benzene rings is 1. The normalized spacial score (nSPS) is 11.2. The number of carbonyl (C=O) groups is 2. The lowest BCUT2D eigenvalue weighted by molar-refractivity contribution is -0.141. The lowest BCUT2D eigenvalue weighted by atomic mass is 10.1. The van der Waals surface area contributed by atoms with Crippen molar-refractivity contribution in [3.8, 4) is 0 Å². The number of ketones is 1. The quantitative estimate of drug-likeness (QED) is 0.583. The Morgan fingerprint density at radius 2 is 1.88 bits per heavy atom. The van der Waals surface area contributed by atoms with Crippen LogP contribution in [0.15, 0.2) is 39.8 Å². The molecular formula is C15H16N2O6S. The van der Waals surface area contributed by atoms with E-state index in [1.54, 1.807) is 30.3 Å². The van der Waals surface area contributed by atoms with Crippen molar-refractivity contribution in [2.75, 3.05) is 13.2 Å². The van der Waals surface area contributed by atoms with Crippen LogP contribution in [0.1, 0.15) is 21.8 Å². The van der Waals surface area contributed by atoms with Gasteiger partial charge in [-0.15, -0.1) is 0 Å². The van der Waals surface area contributed by atoms with Crippen LogP contribution in [-0.2, 0) is 19.6 Å². The van der Waals surface area contributed by atoms with Gasteiger partial charge in [0.2, 0.25) is 10.0 Å². The molecule has 0 amide bonds. The van der Waals surface area contributed by atoms with E-state index < -0.39 is 29.1 Å². The van der Waals surface area contributed by atoms with Crippen LogP contribution >= 0.6 is 0 Å². The molecule has 9 heteroatoms. The highest BCUT2D eigenvalue weighted by molar-refractivity contribution is 7.89. The predicted molar refractivity (Wildman–Crippen MR) is 82.9 cm³/mol. The maximum atomic E-state index is 12.1. The van der Waals surface area contributed by atoms with Gasteiger partial charge >= 0.3 is 5.97 Å². The largest absolute Gasteiger partial charge is 0.456 e. The van der Waals surface area contributed by atoms with Crippen LogP contribution in [0.2, 0.25) is 0 Å². The number of aromatic nitrogens is 1. The first kappa shape index (κ1) is 17.8. The lowest BCUT2D eigenvalue weighted by Crippen LogP contribution is -2.32. The monoisotopic (exact) mass is 352 g/mol. The van der Waals surface area contributed by atoms with Crippen molar-refractivity contribution < 1.29 is 27.3 Å². The van der Waals surface area contributed by atoms with Crippen LogP contribution in [-0.4, -0.2) is 38.5 Å². The molecule has 2 aromatic rings. The number of carbonyl (C=O) groups excluding carboxylic acids is 2. The summed E-state index contributed by atoms with van der Waals surface area (Å²) in [6, 6.07) is 8.32. The number of nitrogens with zero attached hydrogens (tertiary/aromatic N) is 1. The maximum absolute atomic E-state index is 12.1. The van der Waals surface area contributed by atoms with Crippen molar-refractivity contribution in [2.45, 2.75) is 18.7 Å². The number of rotatable bonds is 7. The second-order valence-corrected chi connectivity index (χ2v) is 6.63. The van der Waals surface area contributed by atoms with Gasteiger partial charge in [-0.25, -0.2) is 8.42 Å². The topological polar surface area (TPSA) is 116 Å². The fourth-order valence-electron chi connectivity index (χ4n) is 1.99. The zero-order valence-corrected chi connectivity index (χ0v) is 13.9. The average molecular weight is 352 g/mol. The summed E-state index contributed by atoms with van der Waals surface area (Å²) in [5, 5.41) is 3.55. The summed E-state index contributed by atoms with van der Waals surface area (Å²) in [5.74, 6) is -1.13. The summed E-state index contributed by atoms with van der Waals surface area (Å²) in [4.78, 5) is 23.3. The minimum Gasteiger partial charge on any atom is -0.456 e. The molecule has 0 saturated heterocycles. The minimum atomic E-state index is -3.96. The van der Waals surface area contributed by atoms with Gasteiger partial charge in [0.25, 0.3) is 0 Å². The third-order valence-electron chi connectivity index (χ3n) is 3.10. The maximum Gasteiger partial charge on any atom is 0.321 e. The summed E-state index contributed by atoms with van der Waals surface area (Å²) >= 11 is 0. The van der Waals surface area contributed by atoms with Crippen molar-refractivity contribution in [3.63, 3.8) is 0 Å². The second kappa shape index (κ2) is 7.37. The molecular weight excluding hydrogens is 336 g/mol. The van der Waals surface area contributed by atoms with E-state index in [2.05, 4.69) is 9.88 Å². The molecule has 0 aliphatic rings. The SMILES string of the molecule is Cc1noc(C)c1S(=O)(=O)NCC(=O)OCC(=O)c1ccccc1. The van der Waals surface area contributed by atoms with Crippen molar-refractivity contribution in [3.05, 3.63) is 47.3 Å². The molecule has 0 fully saturated rings. The molecule has 0 bridgehead atoms. The summed E-state index contributed by atoms with van der Waals surface area (Å²) < 4.78 is 35.9. The van der Waals surface area contributed by atoms with Gasteiger partial charge < -0.3 is 9.26 Å². The highest BCUT2D eigenvalue weighted by atomic mass is 32.2. The van der Waals surface area contributed by atoms with Gasteiger partial charge in [0.05, 0.1) is 0 Å². The van der Waals surface area contributed by atoms with Crippen molar-refractivity contribution in [1.29, 1.82) is 0 Å². The first-order chi connectivity index (χ1) is 11.3. The minimum absolute atomic E-state index is 0.115. The van der Waals surface area contributed by atoms with Gasteiger partial charge in [0, 0.05) is 5.56 Å². The third kappa shape index (κ3) is 4.27. The molecule has 0 aliphatic carbocycles. The Morgan fingerprint density at radius 3 is 2.46 bits per heavy atom. The molecule has 0 atom stereocenters. The van der Waals surface area contributed by atoms with E-state index >= 15 is 0 Å². The Balaban J connectivity index is 1.88. The zero-order chi connectivity index (χ0) is 17.7. The Hall–Kier alpha value is -2.52. The number of Topliss-reactive ketones (excluding diaryl/α,β-unsaturated/α-hetero) is 1. The number of hydrogen-bond donors (Lipinski definition) is 1. The summed E-state index contributed by atoms with van der Waals surface area (Å²) in [7, 11) is -3.96.